The number of nitrogens with zero attached hydrogens (tertiary/aromatic N) is 7. The van der Waals surface area contributed by atoms with Crippen molar-refractivity contribution in [3.8, 4) is 6.07 Å². The van der Waals surface area contributed by atoms with Crippen molar-refractivity contribution in [1.29, 1.82) is 5.26 Å². The Kier molecular flexibility index (Phi) is 13.1. The van der Waals surface area contributed by atoms with Crippen LogP contribution in [0.5, 0.6) is 0 Å². The summed E-state index contributed by atoms with van der Waals surface area (Å²) in [7, 11) is 3.21. The number of carbonyl (C=O) groups is 4. The van der Waals surface area contributed by atoms with Gasteiger partial charge in [0.15, 0.2) is 17.7 Å². The molecule has 62 heavy (non-hydrogen) atoms. The second kappa shape index (κ2) is 17.9. The van der Waals surface area contributed by atoms with Gasteiger partial charge in [-0.2, -0.15) is 5.26 Å². The molecule has 21 nitrogen and oxygen atoms in total. The molecule has 21 heteroatoms. The highest BCUT2D eigenvalue weighted by atomic mass is 16.7. The molecule has 4 aliphatic heterocycles. The summed E-state index contributed by atoms with van der Waals surface area (Å²) in [6.45, 7) is 7.94. The Morgan fingerprint density at radius 1 is 1.19 bits per heavy atom. The zero-order chi connectivity index (χ0) is 44.8. The van der Waals surface area contributed by atoms with Gasteiger partial charge in [-0.15, -0.1) is 0 Å². The Balaban J connectivity index is 0.974. The number of carbonyl (C=O) groups excluding carboxylic acids is 4. The van der Waals surface area contributed by atoms with Crippen LogP contribution >= 0.6 is 0 Å². The van der Waals surface area contributed by atoms with Crippen LogP contribution in [0.25, 0.3) is 11.0 Å². The number of fused-ring (bicyclic) bond motifs is 2. The van der Waals surface area contributed by atoms with Crippen LogP contribution < -0.4 is 15.5 Å². The summed E-state index contributed by atoms with van der Waals surface area (Å²) in [6.07, 6.45) is -4.14. The van der Waals surface area contributed by atoms with Gasteiger partial charge in [-0.1, -0.05) is 13.8 Å². The summed E-state index contributed by atoms with van der Waals surface area (Å²) in [5.41, 5.74) is 0.244. The van der Waals surface area contributed by atoms with Crippen LogP contribution in [0.1, 0.15) is 59.8 Å². The molecule has 1 saturated carbocycles. The van der Waals surface area contributed by atoms with Crippen LogP contribution in [0.4, 0.5) is 10.6 Å². The molecule has 4 saturated heterocycles. The molecule has 5 fully saturated rings. The molecular formula is C41H59N9O12. The molecule has 1 aliphatic carbocycles. The van der Waals surface area contributed by atoms with E-state index in [0.29, 0.717) is 55.9 Å². The number of aromatic nitrogens is 3. The molecule has 4 amide bonds. The Hall–Kier alpha value is -4.53. The number of rotatable bonds is 14. The summed E-state index contributed by atoms with van der Waals surface area (Å²) in [6, 6.07) is 2.38. The largest absolute Gasteiger partial charge is 0.394 e. The van der Waals surface area contributed by atoms with Crippen molar-refractivity contribution < 1.29 is 58.6 Å². The summed E-state index contributed by atoms with van der Waals surface area (Å²) in [5.74, 6) is -3.05. The predicted octanol–water partition coefficient (Wildman–Crippen LogP) is -0.956. The van der Waals surface area contributed by atoms with Crippen molar-refractivity contribution in [1.82, 2.24) is 35.0 Å². The van der Waals surface area contributed by atoms with Crippen molar-refractivity contribution in [2.75, 3.05) is 51.8 Å². The number of likely N-dealkylation sites (tertiary alicyclic amines) is 2. The van der Waals surface area contributed by atoms with E-state index < -0.39 is 79.1 Å². The van der Waals surface area contributed by atoms with Crippen LogP contribution in [0.3, 0.4) is 0 Å². The molecule has 6 N–H and O–H groups in total. The van der Waals surface area contributed by atoms with Crippen LogP contribution in [-0.2, 0) is 33.3 Å². The number of piperidine rings is 1. The number of methoxy groups -OCH3 is 1. The maximum Gasteiger partial charge on any atom is 0.329 e. The van der Waals surface area contributed by atoms with Crippen molar-refractivity contribution in [3.63, 3.8) is 0 Å². The summed E-state index contributed by atoms with van der Waals surface area (Å²) in [4.78, 5) is 66.8. The fourth-order valence-corrected chi connectivity index (χ4v) is 10.1. The third kappa shape index (κ3) is 8.46. The minimum atomic E-state index is -1.80. The van der Waals surface area contributed by atoms with Gasteiger partial charge in [0.05, 0.1) is 36.1 Å². The van der Waals surface area contributed by atoms with Gasteiger partial charge in [-0.3, -0.25) is 19.0 Å². The average molecular weight is 870 g/mol. The van der Waals surface area contributed by atoms with Crippen molar-refractivity contribution in [3.05, 3.63) is 18.6 Å². The number of aliphatic hydroxyl groups is 4. The summed E-state index contributed by atoms with van der Waals surface area (Å²) in [5, 5.41) is 58.7. The van der Waals surface area contributed by atoms with Gasteiger partial charge in [-0.05, 0) is 44.6 Å². The molecule has 1 spiro atoms. The molecule has 340 valence electrons. The van der Waals surface area contributed by atoms with E-state index in [-0.39, 0.29) is 48.2 Å². The minimum absolute atomic E-state index is 0.0591. The number of anilines is 1. The number of nitriles is 1. The number of likely N-dealkylation sites (N-methyl/N-ethyl adjacent to an activating group) is 1. The van der Waals surface area contributed by atoms with Crippen LogP contribution in [-0.4, -0.2) is 182 Å². The Morgan fingerprint density at radius 3 is 2.55 bits per heavy atom. The molecule has 10 unspecified atom stereocenters. The lowest BCUT2D eigenvalue weighted by Gasteiger charge is -2.60. The first-order valence-electron chi connectivity index (χ1n) is 21.2. The van der Waals surface area contributed by atoms with E-state index in [9.17, 15) is 39.6 Å². The molecule has 12 atom stereocenters. The standard InChI is InChI=1S/C41H59N9O12/c1-7-25(45-22(3)52)32(30(54)27(17-51)59-6)60-38-31(55)33-29(40(4,58)62-33)34(61-38)37(56)46-23-14-41(15-23)18-49(19-41)39(57)50-13-10-24-35(43-20-44-36(24)50)47(5)26-16-48(12-9-21(26)2)28(53)8-11-42/h10,13,20-21,23,25-27,29-34,38,51,54-55,58H,7-9,12,14-19H2,1-6H3,(H,45,52)(H,46,56)/t21-,25?,26+,27?,29?,30?,31?,32?,33?,34?,38?,40?/m1/s1. The topological polar surface area (TPSA) is 274 Å². The Morgan fingerprint density at radius 2 is 1.92 bits per heavy atom. The van der Waals surface area contributed by atoms with E-state index in [2.05, 4.69) is 27.5 Å². The van der Waals surface area contributed by atoms with Gasteiger partial charge in [0.2, 0.25) is 17.7 Å². The number of ether oxygens (including phenoxy) is 4. The first-order valence-corrected chi connectivity index (χ1v) is 21.2. The van der Waals surface area contributed by atoms with Crippen LogP contribution in [0.2, 0.25) is 0 Å². The van der Waals surface area contributed by atoms with Crippen molar-refractivity contribution in [2.24, 2.45) is 17.3 Å². The van der Waals surface area contributed by atoms with Gasteiger partial charge < -0.3 is 64.7 Å². The third-order valence-corrected chi connectivity index (χ3v) is 13.6. The van der Waals surface area contributed by atoms with E-state index in [0.717, 1.165) is 6.42 Å². The number of amides is 4. The van der Waals surface area contributed by atoms with Crippen molar-refractivity contribution >= 4 is 40.6 Å². The lowest BCUT2D eigenvalue weighted by molar-refractivity contribution is -0.436. The predicted molar refractivity (Wildman–Crippen MR) is 217 cm³/mol. The Bertz CT molecular complexity index is 2030. The summed E-state index contributed by atoms with van der Waals surface area (Å²) < 4.78 is 24.5. The third-order valence-electron chi connectivity index (χ3n) is 13.6. The maximum absolute atomic E-state index is 13.9. The molecule has 0 radical (unpaired) electrons. The van der Waals surface area contributed by atoms with Gasteiger partial charge in [0.25, 0.3) is 0 Å². The molecule has 0 aromatic carbocycles. The first-order chi connectivity index (χ1) is 29.5. The fourth-order valence-electron chi connectivity index (χ4n) is 10.1. The van der Waals surface area contributed by atoms with Crippen LogP contribution in [0, 0.1) is 28.6 Å². The monoisotopic (exact) mass is 869 g/mol. The highest BCUT2D eigenvalue weighted by Gasteiger charge is 2.65. The molecule has 2 aromatic heterocycles. The zero-order valence-corrected chi connectivity index (χ0v) is 35.9. The second-order valence-corrected chi connectivity index (χ2v) is 17.8. The number of aliphatic hydroxyl groups excluding tert-OH is 3. The lowest BCUT2D eigenvalue weighted by atomic mass is 9.60. The van der Waals surface area contributed by atoms with Gasteiger partial charge in [0, 0.05) is 64.9 Å². The summed E-state index contributed by atoms with van der Waals surface area (Å²) >= 11 is 0. The number of nitrogens with one attached hydrogen (secondary N) is 2. The normalized spacial score (nSPS) is 31.0. The van der Waals surface area contributed by atoms with Gasteiger partial charge in [0.1, 0.15) is 55.2 Å². The lowest BCUT2D eigenvalue weighted by Crippen LogP contribution is -2.75. The van der Waals surface area contributed by atoms with E-state index in [1.54, 1.807) is 22.9 Å². The Labute approximate surface area is 359 Å². The highest BCUT2D eigenvalue weighted by Crippen LogP contribution is 2.50. The minimum Gasteiger partial charge on any atom is -0.394 e. The van der Waals surface area contributed by atoms with E-state index in [1.807, 2.05) is 24.1 Å². The molecule has 0 bridgehead atoms. The van der Waals surface area contributed by atoms with E-state index in [4.69, 9.17) is 24.2 Å². The molecule has 2 aromatic rings. The SMILES string of the molecule is CCC(NC(C)=O)C(OC1OC(C(=O)NC2CC3(C2)CN(C(=O)n2ccc4c(N(C)[C@H]5CN(C(=O)CC#N)CC[C@H]5C)ncnc42)C3)C2C(OC2(C)O)C1O)C(O)C(CO)OC. The number of hydrogen-bond acceptors (Lipinski definition) is 16. The second-order valence-electron chi connectivity index (χ2n) is 17.8. The molecular weight excluding hydrogens is 811 g/mol. The molecule has 7 rings (SSSR count). The molecule has 6 heterocycles. The first kappa shape index (κ1) is 45.5. The number of hydrogen-bond donors (Lipinski definition) is 6. The van der Waals surface area contributed by atoms with Gasteiger partial charge in [-0.25, -0.2) is 14.8 Å². The van der Waals surface area contributed by atoms with Crippen LogP contribution in [0.15, 0.2) is 18.6 Å². The smallest absolute Gasteiger partial charge is 0.329 e. The van der Waals surface area contributed by atoms with E-state index >= 15 is 0 Å². The zero-order valence-electron chi connectivity index (χ0n) is 35.9. The quantitative estimate of drug-likeness (QED) is 0.134. The van der Waals surface area contributed by atoms with E-state index in [1.165, 1.54) is 31.9 Å². The van der Waals surface area contributed by atoms with Gasteiger partial charge >= 0.3 is 6.03 Å². The average Bonchev–Trinajstić information content (AvgIpc) is 3.65. The fraction of sp³-hybridized carbons (Fsp3) is 0.732. The highest BCUT2D eigenvalue weighted by molar-refractivity contribution is 5.95. The van der Waals surface area contributed by atoms with Crippen molar-refractivity contribution in [2.45, 2.75) is 127 Å². The maximum atomic E-state index is 13.9. The molecule has 5 aliphatic rings.